The smallest absolute Gasteiger partial charge is 0.385 e. The zero-order valence-electron chi connectivity index (χ0n) is 26.4. The Morgan fingerprint density at radius 3 is 2.04 bits per heavy atom. The molecule has 0 unspecified atom stereocenters. The summed E-state index contributed by atoms with van der Waals surface area (Å²) in [6, 6.07) is 15.1. The van der Waals surface area contributed by atoms with E-state index in [-0.39, 0.29) is 40.5 Å². The van der Waals surface area contributed by atoms with Crippen LogP contribution in [0, 0.1) is 11.8 Å². The van der Waals surface area contributed by atoms with Crippen LogP contribution in [0.15, 0.2) is 65.6 Å². The van der Waals surface area contributed by atoms with Crippen LogP contribution in [-0.4, -0.2) is 78.1 Å². The van der Waals surface area contributed by atoms with Gasteiger partial charge < -0.3 is 15.0 Å². The second-order valence-electron chi connectivity index (χ2n) is 11.7. The van der Waals surface area contributed by atoms with Crippen molar-refractivity contribution in [1.29, 1.82) is 0 Å². The van der Waals surface area contributed by atoms with Crippen LogP contribution in [0.4, 0.5) is 17.1 Å². The minimum absolute atomic E-state index is 0.0375. The van der Waals surface area contributed by atoms with Crippen LogP contribution in [0.2, 0.25) is 10.0 Å². The molecular formula is C32H34Cl2N4O7S2. The molecule has 11 nitrogen and oxygen atoms in total. The number of carbonyl (C=O) groups excluding carboxylic acids is 2. The van der Waals surface area contributed by atoms with Gasteiger partial charge in [-0.25, -0.2) is 21.6 Å². The van der Waals surface area contributed by atoms with Crippen molar-refractivity contribution in [1.82, 2.24) is 4.31 Å². The topological polar surface area (TPSA) is 133 Å². The molecule has 1 fully saturated rings. The van der Waals surface area contributed by atoms with Crippen molar-refractivity contribution in [3.8, 4) is 11.8 Å². The van der Waals surface area contributed by atoms with Gasteiger partial charge in [0.2, 0.25) is 20.0 Å². The minimum atomic E-state index is -3.83. The largest absolute Gasteiger partial charge is 0.450 e. The lowest BCUT2D eigenvalue weighted by atomic mass is 10.1. The van der Waals surface area contributed by atoms with Crippen molar-refractivity contribution in [2.75, 3.05) is 54.0 Å². The lowest BCUT2D eigenvalue weighted by Crippen LogP contribution is -2.48. The third-order valence-corrected chi connectivity index (χ3v) is 10.5. The molecule has 1 N–H and O–H groups in total. The molecular weight excluding hydrogens is 687 g/mol. The first kappa shape index (κ1) is 36.0. The quantitative estimate of drug-likeness (QED) is 0.271. The number of piperazine rings is 1. The Balaban J connectivity index is 1.51. The van der Waals surface area contributed by atoms with Gasteiger partial charge in [0.25, 0.3) is 5.91 Å². The lowest BCUT2D eigenvalue weighted by Gasteiger charge is -2.35. The van der Waals surface area contributed by atoms with E-state index in [0.717, 1.165) is 16.2 Å². The number of rotatable bonds is 7. The van der Waals surface area contributed by atoms with Gasteiger partial charge in [0.15, 0.2) is 0 Å². The standard InChI is InChI=1S/C32H34Cl2N4O7S2/c1-32(2,3)45-30(39)13-7-22-6-12-29(36(4)46(5,41)42)28(18-22)31(40)35-25-8-10-27(11-9-25)47(43,44)38-16-14-37(15-17-38)26-20-23(33)19-24(34)21-26/h6,8-12,18-21H,14-17H2,1-5H3,(H,35,40). The van der Waals surface area contributed by atoms with E-state index in [2.05, 4.69) is 17.2 Å². The number of ether oxygens (including phenoxy) is 1. The van der Waals surface area contributed by atoms with Crippen LogP contribution in [0.5, 0.6) is 0 Å². The molecule has 1 aliphatic heterocycles. The number of benzene rings is 3. The van der Waals surface area contributed by atoms with Crippen LogP contribution in [0.1, 0.15) is 36.7 Å². The summed E-state index contributed by atoms with van der Waals surface area (Å²) in [5, 5.41) is 3.67. The average Bonchev–Trinajstić information content (AvgIpc) is 2.98. The van der Waals surface area contributed by atoms with Gasteiger partial charge in [-0.1, -0.05) is 29.1 Å². The molecule has 4 rings (SSSR count). The predicted molar refractivity (Wildman–Crippen MR) is 184 cm³/mol. The summed E-state index contributed by atoms with van der Waals surface area (Å²) in [5.74, 6) is 3.57. The van der Waals surface area contributed by atoms with E-state index < -0.39 is 37.5 Å². The first-order chi connectivity index (χ1) is 21.8. The number of hydrogen-bond acceptors (Lipinski definition) is 8. The highest BCUT2D eigenvalue weighted by Gasteiger charge is 2.29. The van der Waals surface area contributed by atoms with Crippen LogP contribution in [0.3, 0.4) is 0 Å². The van der Waals surface area contributed by atoms with Crippen molar-refractivity contribution >= 4 is 72.2 Å². The van der Waals surface area contributed by atoms with Gasteiger partial charge in [-0.3, -0.25) is 9.10 Å². The first-order valence-corrected chi connectivity index (χ1v) is 18.3. The molecule has 1 amide bonds. The van der Waals surface area contributed by atoms with E-state index in [1.54, 1.807) is 39.0 Å². The van der Waals surface area contributed by atoms with Gasteiger partial charge in [0.1, 0.15) is 5.60 Å². The van der Waals surface area contributed by atoms with E-state index in [9.17, 15) is 26.4 Å². The molecule has 15 heteroatoms. The van der Waals surface area contributed by atoms with Crippen molar-refractivity contribution in [3.05, 3.63) is 81.8 Å². The number of nitrogens with zero attached hydrogens (tertiary/aromatic N) is 3. The molecule has 3 aromatic rings. The van der Waals surface area contributed by atoms with E-state index in [1.165, 1.54) is 53.8 Å². The summed E-state index contributed by atoms with van der Waals surface area (Å²) >= 11 is 12.3. The fraction of sp³-hybridized carbons (Fsp3) is 0.312. The fourth-order valence-electron chi connectivity index (χ4n) is 4.64. The fourth-order valence-corrected chi connectivity index (χ4v) is 7.10. The number of esters is 1. The molecule has 0 saturated carbocycles. The van der Waals surface area contributed by atoms with Crippen LogP contribution >= 0.6 is 23.2 Å². The Morgan fingerprint density at radius 1 is 0.894 bits per heavy atom. The maximum absolute atomic E-state index is 13.4. The summed E-state index contributed by atoms with van der Waals surface area (Å²) in [6.45, 7) is 6.48. The molecule has 3 aromatic carbocycles. The molecule has 1 aliphatic rings. The average molecular weight is 722 g/mol. The Hall–Kier alpha value is -3.80. The maximum atomic E-state index is 13.4. The Bertz CT molecular complexity index is 1940. The summed E-state index contributed by atoms with van der Waals surface area (Å²) < 4.78 is 58.9. The first-order valence-electron chi connectivity index (χ1n) is 14.3. The monoisotopic (exact) mass is 720 g/mol. The van der Waals surface area contributed by atoms with Gasteiger partial charge in [-0.05, 0) is 81.4 Å². The van der Waals surface area contributed by atoms with Crippen molar-refractivity contribution in [3.63, 3.8) is 0 Å². The van der Waals surface area contributed by atoms with Crippen LogP contribution in [-0.2, 0) is 29.6 Å². The third kappa shape index (κ3) is 9.39. The molecule has 0 aromatic heterocycles. The van der Waals surface area contributed by atoms with Crippen molar-refractivity contribution < 1.29 is 31.2 Å². The molecule has 0 spiro atoms. The summed E-state index contributed by atoms with van der Waals surface area (Å²) in [6.07, 6.45) is 0.997. The number of carbonyl (C=O) groups is 2. The van der Waals surface area contributed by atoms with Gasteiger partial charge in [-0.15, -0.1) is 0 Å². The third-order valence-electron chi connectivity index (χ3n) is 6.99. The number of hydrogen-bond donors (Lipinski definition) is 1. The second kappa shape index (κ2) is 14.1. The van der Waals surface area contributed by atoms with E-state index in [4.69, 9.17) is 27.9 Å². The normalized spacial score (nSPS) is 14.1. The second-order valence-corrected chi connectivity index (χ2v) is 16.5. The molecule has 0 aliphatic carbocycles. The van der Waals surface area contributed by atoms with Gasteiger partial charge >= 0.3 is 5.97 Å². The van der Waals surface area contributed by atoms with E-state index in [0.29, 0.717) is 23.1 Å². The molecule has 0 bridgehead atoms. The minimum Gasteiger partial charge on any atom is -0.450 e. The maximum Gasteiger partial charge on any atom is 0.385 e. The van der Waals surface area contributed by atoms with Gasteiger partial charge in [-0.2, -0.15) is 4.31 Å². The zero-order chi connectivity index (χ0) is 34.7. The van der Waals surface area contributed by atoms with E-state index in [1.807, 2.05) is 4.90 Å². The molecule has 47 heavy (non-hydrogen) atoms. The number of anilines is 3. The number of nitrogens with one attached hydrogen (secondary N) is 1. The Morgan fingerprint density at radius 2 is 1.49 bits per heavy atom. The van der Waals surface area contributed by atoms with Crippen LogP contribution < -0.4 is 14.5 Å². The van der Waals surface area contributed by atoms with Crippen molar-refractivity contribution in [2.45, 2.75) is 31.3 Å². The lowest BCUT2D eigenvalue weighted by molar-refractivity contribution is -0.147. The van der Waals surface area contributed by atoms with Crippen LogP contribution in [0.25, 0.3) is 0 Å². The molecule has 1 heterocycles. The highest BCUT2D eigenvalue weighted by atomic mass is 35.5. The summed E-state index contributed by atoms with van der Waals surface area (Å²) in [4.78, 5) is 27.6. The zero-order valence-corrected chi connectivity index (χ0v) is 29.5. The highest BCUT2D eigenvalue weighted by molar-refractivity contribution is 7.92. The number of sulfonamides is 2. The van der Waals surface area contributed by atoms with E-state index >= 15 is 0 Å². The van der Waals surface area contributed by atoms with Crippen molar-refractivity contribution in [2.24, 2.45) is 0 Å². The molecule has 1 saturated heterocycles. The SMILES string of the molecule is CN(c1ccc(C#CC(=O)OC(C)(C)C)cc1C(=O)Nc1ccc(S(=O)(=O)N2CCN(c3cc(Cl)cc(Cl)c3)CC2)cc1)S(C)(=O)=O. The van der Waals surface area contributed by atoms with Gasteiger partial charge in [0.05, 0.1) is 22.4 Å². The molecule has 0 atom stereocenters. The predicted octanol–water partition coefficient (Wildman–Crippen LogP) is 4.85. The molecule has 0 radical (unpaired) electrons. The number of halogens is 2. The Kier molecular flexibility index (Phi) is 10.8. The summed E-state index contributed by atoms with van der Waals surface area (Å²) in [5.41, 5.74) is 0.651. The highest BCUT2D eigenvalue weighted by Crippen LogP contribution is 2.28. The number of amides is 1. The van der Waals surface area contributed by atoms with Gasteiger partial charge in [0, 0.05) is 66.1 Å². The summed E-state index contributed by atoms with van der Waals surface area (Å²) in [7, 11) is -6.27. The Labute approximate surface area is 285 Å². The molecule has 250 valence electrons.